The Morgan fingerprint density at radius 3 is 2.85 bits per heavy atom. The molecule has 0 aromatic heterocycles. The molecule has 1 heteroatoms. The van der Waals surface area contributed by atoms with Crippen LogP contribution in [0.1, 0.15) is 25.8 Å². The molecule has 0 unspecified atom stereocenters. The third kappa shape index (κ3) is 2.08. The minimum absolute atomic E-state index is 0.486. The van der Waals surface area contributed by atoms with Crippen molar-refractivity contribution >= 4 is 11.8 Å². The molecule has 70 valence electrons. The zero-order valence-electron chi connectivity index (χ0n) is 8.34. The van der Waals surface area contributed by atoms with Crippen molar-refractivity contribution in [1.82, 2.24) is 0 Å². The van der Waals surface area contributed by atoms with Crippen LogP contribution in [0.2, 0.25) is 0 Å². The highest BCUT2D eigenvalue weighted by molar-refractivity contribution is 7.99. The molecular weight excluding hydrogens is 176 g/mol. The first kappa shape index (κ1) is 9.14. The SMILES string of the molecule is CC1(C)CCSc2ccccc2C1. The van der Waals surface area contributed by atoms with Gasteiger partial charge in [-0.3, -0.25) is 0 Å². The molecule has 0 saturated heterocycles. The fraction of sp³-hybridized carbons (Fsp3) is 0.500. The molecule has 0 saturated carbocycles. The monoisotopic (exact) mass is 192 g/mol. The van der Waals surface area contributed by atoms with Crippen LogP contribution >= 0.6 is 11.8 Å². The second-order valence-corrected chi connectivity index (χ2v) is 5.68. The van der Waals surface area contributed by atoms with E-state index < -0.39 is 0 Å². The molecule has 1 aliphatic rings. The van der Waals surface area contributed by atoms with Gasteiger partial charge in [0.25, 0.3) is 0 Å². The Morgan fingerprint density at radius 1 is 1.23 bits per heavy atom. The van der Waals surface area contributed by atoms with E-state index in [2.05, 4.69) is 38.1 Å². The van der Waals surface area contributed by atoms with E-state index >= 15 is 0 Å². The molecule has 0 N–H and O–H groups in total. The van der Waals surface area contributed by atoms with Crippen molar-refractivity contribution in [1.29, 1.82) is 0 Å². The van der Waals surface area contributed by atoms with Gasteiger partial charge < -0.3 is 0 Å². The summed E-state index contributed by atoms with van der Waals surface area (Å²) < 4.78 is 0. The molecule has 0 radical (unpaired) electrons. The van der Waals surface area contributed by atoms with Crippen molar-refractivity contribution in [2.24, 2.45) is 5.41 Å². The standard InChI is InChI=1S/C12H16S/c1-12(2)7-8-13-11-6-4-3-5-10(11)9-12/h3-6H,7-9H2,1-2H3. The van der Waals surface area contributed by atoms with Crippen LogP contribution in [-0.4, -0.2) is 5.75 Å². The Balaban J connectivity index is 2.34. The second kappa shape index (κ2) is 3.38. The van der Waals surface area contributed by atoms with Gasteiger partial charge in [-0.15, -0.1) is 11.8 Å². The van der Waals surface area contributed by atoms with Gasteiger partial charge in [-0.05, 0) is 35.6 Å². The molecule has 1 aromatic rings. The summed E-state index contributed by atoms with van der Waals surface area (Å²) in [6, 6.07) is 8.82. The fourth-order valence-electron chi connectivity index (χ4n) is 1.83. The Morgan fingerprint density at radius 2 is 2.00 bits per heavy atom. The zero-order valence-corrected chi connectivity index (χ0v) is 9.16. The topological polar surface area (TPSA) is 0 Å². The van der Waals surface area contributed by atoms with Gasteiger partial charge in [-0.2, -0.15) is 0 Å². The molecule has 2 rings (SSSR count). The lowest BCUT2D eigenvalue weighted by molar-refractivity contribution is 0.353. The number of thioether (sulfide) groups is 1. The van der Waals surface area contributed by atoms with Gasteiger partial charge in [0, 0.05) is 4.90 Å². The van der Waals surface area contributed by atoms with Gasteiger partial charge in [-0.1, -0.05) is 32.0 Å². The Hall–Kier alpha value is -0.430. The zero-order chi connectivity index (χ0) is 9.31. The molecule has 1 heterocycles. The third-order valence-corrected chi connectivity index (χ3v) is 3.80. The van der Waals surface area contributed by atoms with Gasteiger partial charge in [0.2, 0.25) is 0 Å². The summed E-state index contributed by atoms with van der Waals surface area (Å²) in [5, 5.41) is 0. The second-order valence-electron chi connectivity index (χ2n) is 4.55. The molecule has 1 aromatic carbocycles. The van der Waals surface area contributed by atoms with Crippen molar-refractivity contribution in [3.63, 3.8) is 0 Å². The molecule has 0 bridgehead atoms. The number of fused-ring (bicyclic) bond motifs is 1. The quantitative estimate of drug-likeness (QED) is 0.603. The lowest BCUT2D eigenvalue weighted by Crippen LogP contribution is -2.14. The smallest absolute Gasteiger partial charge is 0.0104 e. The molecule has 0 spiro atoms. The van der Waals surface area contributed by atoms with E-state index in [4.69, 9.17) is 0 Å². The van der Waals surface area contributed by atoms with Crippen molar-refractivity contribution in [3.8, 4) is 0 Å². The van der Waals surface area contributed by atoms with E-state index in [-0.39, 0.29) is 0 Å². The molecule has 0 nitrogen and oxygen atoms in total. The van der Waals surface area contributed by atoms with Crippen molar-refractivity contribution in [3.05, 3.63) is 29.8 Å². The molecular formula is C12H16S. The summed E-state index contributed by atoms with van der Waals surface area (Å²) >= 11 is 2.01. The molecule has 13 heavy (non-hydrogen) atoms. The highest BCUT2D eigenvalue weighted by atomic mass is 32.2. The average molecular weight is 192 g/mol. The van der Waals surface area contributed by atoms with E-state index in [1.165, 1.54) is 29.1 Å². The third-order valence-electron chi connectivity index (χ3n) is 2.68. The van der Waals surface area contributed by atoms with Crippen LogP contribution in [0, 0.1) is 5.41 Å². The predicted molar refractivity (Wildman–Crippen MR) is 59.3 cm³/mol. The van der Waals surface area contributed by atoms with Crippen LogP contribution < -0.4 is 0 Å². The Labute approximate surface area is 84.7 Å². The minimum Gasteiger partial charge on any atom is -0.126 e. The van der Waals surface area contributed by atoms with Gasteiger partial charge in [-0.25, -0.2) is 0 Å². The first-order valence-corrected chi connectivity index (χ1v) is 5.87. The lowest BCUT2D eigenvalue weighted by atomic mass is 9.83. The number of hydrogen-bond acceptors (Lipinski definition) is 1. The minimum atomic E-state index is 0.486. The summed E-state index contributed by atoms with van der Waals surface area (Å²) in [4.78, 5) is 1.49. The largest absolute Gasteiger partial charge is 0.126 e. The highest BCUT2D eigenvalue weighted by Gasteiger charge is 2.22. The van der Waals surface area contributed by atoms with Gasteiger partial charge in [0.15, 0.2) is 0 Å². The summed E-state index contributed by atoms with van der Waals surface area (Å²) in [7, 11) is 0. The van der Waals surface area contributed by atoms with Crippen LogP contribution in [0.3, 0.4) is 0 Å². The van der Waals surface area contributed by atoms with Gasteiger partial charge >= 0.3 is 0 Å². The highest BCUT2D eigenvalue weighted by Crippen LogP contribution is 2.37. The summed E-state index contributed by atoms with van der Waals surface area (Å²) in [5.74, 6) is 1.27. The summed E-state index contributed by atoms with van der Waals surface area (Å²) in [6.45, 7) is 4.74. The molecule has 0 aliphatic carbocycles. The number of benzene rings is 1. The fourth-order valence-corrected chi connectivity index (χ4v) is 3.21. The Kier molecular flexibility index (Phi) is 2.37. The first-order valence-electron chi connectivity index (χ1n) is 4.88. The normalized spacial score (nSPS) is 20.5. The molecule has 0 fully saturated rings. The van der Waals surface area contributed by atoms with Crippen LogP contribution in [0.5, 0.6) is 0 Å². The van der Waals surface area contributed by atoms with E-state index in [1.54, 1.807) is 0 Å². The van der Waals surface area contributed by atoms with Crippen molar-refractivity contribution in [2.75, 3.05) is 5.75 Å². The van der Waals surface area contributed by atoms with Gasteiger partial charge in [0.05, 0.1) is 0 Å². The van der Waals surface area contributed by atoms with Gasteiger partial charge in [0.1, 0.15) is 0 Å². The first-order chi connectivity index (χ1) is 6.17. The predicted octanol–water partition coefficient (Wildman–Crippen LogP) is 3.75. The van der Waals surface area contributed by atoms with Crippen LogP contribution in [0.25, 0.3) is 0 Å². The van der Waals surface area contributed by atoms with E-state index in [0.717, 1.165) is 0 Å². The van der Waals surface area contributed by atoms with Crippen LogP contribution in [0.4, 0.5) is 0 Å². The summed E-state index contributed by atoms with van der Waals surface area (Å²) in [5.41, 5.74) is 2.02. The number of hydrogen-bond donors (Lipinski definition) is 0. The van der Waals surface area contributed by atoms with Crippen LogP contribution in [-0.2, 0) is 6.42 Å². The number of rotatable bonds is 0. The van der Waals surface area contributed by atoms with Crippen LogP contribution in [0.15, 0.2) is 29.2 Å². The lowest BCUT2D eigenvalue weighted by Gasteiger charge is -2.21. The average Bonchev–Trinajstić information content (AvgIpc) is 2.21. The maximum atomic E-state index is 2.37. The maximum Gasteiger partial charge on any atom is 0.0104 e. The Bertz CT molecular complexity index is 302. The molecule has 0 amide bonds. The van der Waals surface area contributed by atoms with E-state index in [0.29, 0.717) is 5.41 Å². The molecule has 1 aliphatic heterocycles. The summed E-state index contributed by atoms with van der Waals surface area (Å²) in [6.07, 6.45) is 2.56. The van der Waals surface area contributed by atoms with E-state index in [9.17, 15) is 0 Å². The van der Waals surface area contributed by atoms with Crippen molar-refractivity contribution < 1.29 is 0 Å². The molecule has 0 atom stereocenters. The maximum absolute atomic E-state index is 2.37. The van der Waals surface area contributed by atoms with E-state index in [1.807, 2.05) is 11.8 Å². The van der Waals surface area contributed by atoms with Crippen molar-refractivity contribution in [2.45, 2.75) is 31.6 Å².